The Bertz CT molecular complexity index is 340. The molecule has 4 nitrogen and oxygen atoms in total. The maximum atomic E-state index is 12.1. The summed E-state index contributed by atoms with van der Waals surface area (Å²) in [5, 5.41) is 2.88. The fourth-order valence-electron chi connectivity index (χ4n) is 1.16. The molecule has 0 amide bonds. The molecule has 0 aliphatic rings. The summed E-state index contributed by atoms with van der Waals surface area (Å²) in [4.78, 5) is 8.83. The number of anilines is 2. The number of hydrogen-bond donors (Lipinski definition) is 1. The van der Waals surface area contributed by atoms with E-state index in [1.807, 2.05) is 6.92 Å². The van der Waals surface area contributed by atoms with Gasteiger partial charge >= 0.3 is 6.18 Å². The van der Waals surface area contributed by atoms with E-state index >= 15 is 0 Å². The van der Waals surface area contributed by atoms with E-state index < -0.39 is 12.7 Å². The van der Waals surface area contributed by atoms with Gasteiger partial charge in [-0.05, 0) is 6.92 Å². The zero-order chi connectivity index (χ0) is 12.2. The van der Waals surface area contributed by atoms with Gasteiger partial charge in [-0.3, -0.25) is 4.98 Å². The monoisotopic (exact) mass is 234 g/mol. The van der Waals surface area contributed by atoms with E-state index in [2.05, 4.69) is 15.3 Å². The summed E-state index contributed by atoms with van der Waals surface area (Å²) >= 11 is 0. The van der Waals surface area contributed by atoms with Crippen molar-refractivity contribution in [1.29, 1.82) is 0 Å². The van der Waals surface area contributed by atoms with Crippen molar-refractivity contribution in [2.45, 2.75) is 13.1 Å². The van der Waals surface area contributed by atoms with E-state index in [4.69, 9.17) is 0 Å². The smallest absolute Gasteiger partial charge is 0.369 e. The Balaban J connectivity index is 2.75. The van der Waals surface area contributed by atoms with Crippen molar-refractivity contribution in [3.05, 3.63) is 12.4 Å². The quantitative estimate of drug-likeness (QED) is 0.864. The van der Waals surface area contributed by atoms with Crippen LogP contribution >= 0.6 is 0 Å². The van der Waals surface area contributed by atoms with Crippen LogP contribution in [-0.2, 0) is 0 Å². The van der Waals surface area contributed by atoms with Crippen molar-refractivity contribution in [3.63, 3.8) is 0 Å². The minimum atomic E-state index is -4.25. The fraction of sp³-hybridized carbons (Fsp3) is 0.556. The van der Waals surface area contributed by atoms with Gasteiger partial charge in [-0.25, -0.2) is 4.98 Å². The van der Waals surface area contributed by atoms with Crippen molar-refractivity contribution < 1.29 is 13.2 Å². The van der Waals surface area contributed by atoms with Gasteiger partial charge in [0.25, 0.3) is 0 Å². The predicted molar refractivity (Wildman–Crippen MR) is 55.5 cm³/mol. The summed E-state index contributed by atoms with van der Waals surface area (Å²) in [6, 6.07) is 0. The molecule has 1 N–H and O–H groups in total. The number of nitrogens with zero attached hydrogens (tertiary/aromatic N) is 3. The molecule has 0 aliphatic carbocycles. The predicted octanol–water partition coefficient (Wildman–Crippen LogP) is 1.91. The van der Waals surface area contributed by atoms with Crippen LogP contribution in [0.3, 0.4) is 0 Å². The lowest BCUT2D eigenvalue weighted by molar-refractivity contribution is -0.119. The summed E-state index contributed by atoms with van der Waals surface area (Å²) < 4.78 is 36.4. The molecule has 1 aromatic rings. The third-order valence-electron chi connectivity index (χ3n) is 1.79. The molecule has 16 heavy (non-hydrogen) atoms. The van der Waals surface area contributed by atoms with Crippen LogP contribution in [0.2, 0.25) is 0 Å². The first-order chi connectivity index (χ1) is 7.42. The van der Waals surface area contributed by atoms with E-state index in [-0.39, 0.29) is 5.82 Å². The van der Waals surface area contributed by atoms with E-state index in [0.29, 0.717) is 12.4 Å². The second kappa shape index (κ2) is 5.00. The lowest BCUT2D eigenvalue weighted by Crippen LogP contribution is -2.31. The van der Waals surface area contributed by atoms with Gasteiger partial charge in [-0.15, -0.1) is 0 Å². The Morgan fingerprint density at radius 1 is 1.38 bits per heavy atom. The molecule has 0 aliphatic heterocycles. The van der Waals surface area contributed by atoms with E-state index in [1.165, 1.54) is 19.4 Å². The molecule has 0 radical (unpaired) electrons. The first-order valence-corrected chi connectivity index (χ1v) is 4.76. The molecule has 0 unspecified atom stereocenters. The first kappa shape index (κ1) is 12.5. The van der Waals surface area contributed by atoms with Crippen LogP contribution in [0.15, 0.2) is 12.4 Å². The zero-order valence-corrected chi connectivity index (χ0v) is 9.04. The molecule has 0 bridgehead atoms. The van der Waals surface area contributed by atoms with Gasteiger partial charge in [0.15, 0.2) is 0 Å². The van der Waals surface area contributed by atoms with Gasteiger partial charge in [-0.2, -0.15) is 13.2 Å². The molecule has 0 fully saturated rings. The van der Waals surface area contributed by atoms with Crippen LogP contribution in [0.25, 0.3) is 0 Å². The van der Waals surface area contributed by atoms with Crippen LogP contribution < -0.4 is 10.2 Å². The third-order valence-corrected chi connectivity index (χ3v) is 1.79. The highest BCUT2D eigenvalue weighted by molar-refractivity contribution is 5.43. The summed E-state index contributed by atoms with van der Waals surface area (Å²) in [5.74, 6) is 0.657. The zero-order valence-electron chi connectivity index (χ0n) is 9.04. The number of halogens is 3. The summed E-state index contributed by atoms with van der Waals surface area (Å²) in [6.45, 7) is 1.46. The number of hydrogen-bond acceptors (Lipinski definition) is 4. The maximum absolute atomic E-state index is 12.1. The Kier molecular flexibility index (Phi) is 3.92. The van der Waals surface area contributed by atoms with Gasteiger partial charge < -0.3 is 10.2 Å². The highest BCUT2D eigenvalue weighted by atomic mass is 19.4. The highest BCUT2D eigenvalue weighted by Crippen LogP contribution is 2.19. The molecule has 0 saturated heterocycles. The minimum Gasteiger partial charge on any atom is -0.369 e. The number of aromatic nitrogens is 2. The number of rotatable bonds is 4. The molecule has 0 spiro atoms. The normalized spacial score (nSPS) is 11.3. The lowest BCUT2D eigenvalue weighted by atomic mass is 10.5. The number of nitrogens with one attached hydrogen (secondary N) is 1. The second-order valence-corrected chi connectivity index (χ2v) is 3.26. The van der Waals surface area contributed by atoms with Crippen molar-refractivity contribution in [2.75, 3.05) is 30.4 Å². The molecule has 0 atom stereocenters. The number of alkyl halides is 3. The highest BCUT2D eigenvalue weighted by Gasteiger charge is 2.29. The lowest BCUT2D eigenvalue weighted by Gasteiger charge is -2.19. The van der Waals surface area contributed by atoms with Gasteiger partial charge in [-0.1, -0.05) is 0 Å². The Morgan fingerprint density at radius 3 is 2.62 bits per heavy atom. The van der Waals surface area contributed by atoms with Crippen molar-refractivity contribution in [1.82, 2.24) is 9.97 Å². The third kappa shape index (κ3) is 3.92. The Labute approximate surface area is 91.5 Å². The topological polar surface area (TPSA) is 41.1 Å². The molecule has 1 aromatic heterocycles. The van der Waals surface area contributed by atoms with Gasteiger partial charge in [0.1, 0.15) is 18.2 Å². The molecule has 7 heteroatoms. The molecule has 0 aromatic carbocycles. The second-order valence-electron chi connectivity index (χ2n) is 3.26. The standard InChI is InChI=1S/C9H13F3N4/c1-3-14-7-4-13-5-8(15-7)16(2)6-9(10,11)12/h4-5H,3,6H2,1-2H3,(H,14,15). The van der Waals surface area contributed by atoms with Crippen molar-refractivity contribution in [3.8, 4) is 0 Å². The molecule has 1 rings (SSSR count). The van der Waals surface area contributed by atoms with Gasteiger partial charge in [0.2, 0.25) is 0 Å². The SMILES string of the molecule is CCNc1cncc(N(C)CC(F)(F)F)n1. The summed E-state index contributed by atoms with van der Waals surface area (Å²) in [5.41, 5.74) is 0. The summed E-state index contributed by atoms with van der Waals surface area (Å²) in [7, 11) is 1.33. The molecule has 90 valence electrons. The minimum absolute atomic E-state index is 0.191. The van der Waals surface area contributed by atoms with E-state index in [0.717, 1.165) is 4.90 Å². The van der Waals surface area contributed by atoms with Crippen molar-refractivity contribution >= 4 is 11.6 Å². The average Bonchev–Trinajstić information content (AvgIpc) is 2.16. The first-order valence-electron chi connectivity index (χ1n) is 4.76. The molecular formula is C9H13F3N4. The van der Waals surface area contributed by atoms with Gasteiger partial charge in [0.05, 0.1) is 12.4 Å². The van der Waals surface area contributed by atoms with Crippen LogP contribution in [0.5, 0.6) is 0 Å². The van der Waals surface area contributed by atoms with Crippen LogP contribution in [-0.4, -0.2) is 36.3 Å². The largest absolute Gasteiger partial charge is 0.405 e. The van der Waals surface area contributed by atoms with Crippen molar-refractivity contribution in [2.24, 2.45) is 0 Å². The van der Waals surface area contributed by atoms with E-state index in [9.17, 15) is 13.2 Å². The average molecular weight is 234 g/mol. The maximum Gasteiger partial charge on any atom is 0.405 e. The molecule has 1 heterocycles. The summed E-state index contributed by atoms with van der Waals surface area (Å²) in [6.07, 6.45) is -1.48. The van der Waals surface area contributed by atoms with Crippen LogP contribution in [0, 0.1) is 0 Å². The van der Waals surface area contributed by atoms with Crippen LogP contribution in [0.1, 0.15) is 6.92 Å². The van der Waals surface area contributed by atoms with E-state index in [1.54, 1.807) is 0 Å². The fourth-order valence-corrected chi connectivity index (χ4v) is 1.16. The molecule has 0 saturated carbocycles. The van der Waals surface area contributed by atoms with Crippen LogP contribution in [0.4, 0.5) is 24.8 Å². The Hall–Kier alpha value is -1.53. The Morgan fingerprint density at radius 2 is 2.06 bits per heavy atom. The molecular weight excluding hydrogens is 221 g/mol. The van der Waals surface area contributed by atoms with Gasteiger partial charge in [0, 0.05) is 13.6 Å².